The van der Waals surface area contributed by atoms with Gasteiger partial charge in [0.1, 0.15) is 42.3 Å². The Hall–Kier alpha value is -6.05. The molecule has 2 rings (SSSR count). The van der Waals surface area contributed by atoms with Crippen molar-refractivity contribution in [2.75, 3.05) is 6.54 Å². The highest BCUT2D eigenvalue weighted by molar-refractivity contribution is 5.98. The zero-order chi connectivity index (χ0) is 53.2. The van der Waals surface area contributed by atoms with E-state index in [1.165, 1.54) is 6.92 Å². The maximum Gasteiger partial charge on any atom is 0.326 e. The van der Waals surface area contributed by atoms with Crippen molar-refractivity contribution in [1.29, 1.82) is 0 Å². The summed E-state index contributed by atoms with van der Waals surface area (Å²) in [7, 11) is 0. The Labute approximate surface area is 413 Å². The summed E-state index contributed by atoms with van der Waals surface area (Å²) in [4.78, 5) is 124. The molecule has 20 heteroatoms. The highest BCUT2D eigenvalue weighted by Crippen LogP contribution is 2.20. The summed E-state index contributed by atoms with van der Waals surface area (Å²) in [5.41, 5.74) is 7.49. The number of benzene rings is 1. The minimum Gasteiger partial charge on any atom is -0.480 e. The fourth-order valence-electron chi connectivity index (χ4n) is 7.76. The van der Waals surface area contributed by atoms with Crippen molar-refractivity contribution in [1.82, 2.24) is 47.5 Å². The summed E-state index contributed by atoms with van der Waals surface area (Å²) >= 11 is 0. The third-order valence-electron chi connectivity index (χ3n) is 11.5. The lowest BCUT2D eigenvalue weighted by Gasteiger charge is -2.29. The van der Waals surface area contributed by atoms with Gasteiger partial charge in [-0.3, -0.25) is 38.4 Å². The van der Waals surface area contributed by atoms with E-state index >= 15 is 0 Å². The molecule has 0 bridgehead atoms. The van der Waals surface area contributed by atoms with Crippen molar-refractivity contribution < 1.29 is 48.3 Å². The maximum atomic E-state index is 14.1. The van der Waals surface area contributed by atoms with Crippen LogP contribution >= 0.6 is 0 Å². The van der Waals surface area contributed by atoms with Gasteiger partial charge < -0.3 is 58.4 Å². The van der Waals surface area contributed by atoms with E-state index in [0.29, 0.717) is 12.0 Å². The topological polar surface area (TPSA) is 312 Å². The zero-order valence-electron chi connectivity index (χ0n) is 43.4. The van der Waals surface area contributed by atoms with Crippen molar-refractivity contribution in [3.05, 3.63) is 36.0 Å². The van der Waals surface area contributed by atoms with Crippen molar-refractivity contribution in [3.63, 3.8) is 0 Å². The Bertz CT molecular complexity index is 2100. The molecule has 1 heterocycles. The molecule has 0 aliphatic carbocycles. The van der Waals surface area contributed by atoms with Crippen molar-refractivity contribution in [2.24, 2.45) is 41.2 Å². The van der Waals surface area contributed by atoms with E-state index in [4.69, 9.17) is 5.73 Å². The van der Waals surface area contributed by atoms with Gasteiger partial charge in [-0.15, -0.1) is 0 Å². The van der Waals surface area contributed by atoms with E-state index in [1.807, 2.05) is 79.7 Å². The van der Waals surface area contributed by atoms with Crippen LogP contribution in [0.25, 0.3) is 10.9 Å². The third-order valence-corrected chi connectivity index (χ3v) is 11.5. The number of carbonyl (C=O) groups is 9. The minimum atomic E-state index is -1.24. The number of H-pyrrole nitrogens is 1. The van der Waals surface area contributed by atoms with Gasteiger partial charge in [0.25, 0.3) is 0 Å². The van der Waals surface area contributed by atoms with Gasteiger partial charge in [0.05, 0.1) is 12.6 Å². The average Bonchev–Trinajstić information content (AvgIpc) is 3.66. The molecule has 0 spiro atoms. The van der Waals surface area contributed by atoms with Crippen LogP contribution in [0.1, 0.15) is 121 Å². The molecule has 392 valence electrons. The monoisotopic (exact) mass is 983 g/mol. The van der Waals surface area contributed by atoms with Gasteiger partial charge >= 0.3 is 5.97 Å². The van der Waals surface area contributed by atoms with Gasteiger partial charge in [0, 0.05) is 23.5 Å². The number of aliphatic carboxylic acids is 1. The predicted octanol–water partition coefficient (Wildman–Crippen LogP) is 2.15. The zero-order valence-corrected chi connectivity index (χ0v) is 43.4. The third kappa shape index (κ3) is 20.1. The largest absolute Gasteiger partial charge is 0.480 e. The standard InChI is InChI=1S/C50H82N10O10/c1-25(2)18-34(51)44(63)54-31(13)43(62)56-38(21-28(7)8)47(66)59-41(29(9)10)49(68)58-37(20-27(5)6)46(65)57-36(19-26(3)4)45(64)53-24-40(61)55-39(48(67)60-42(30(11)12)50(69)70)22-32-23-52-35-17-15-14-16-33(32)35/h14-17,23,25-31,34,36-39,41-42,52H,18-22,24,51H2,1-13H3,(H,53,64)(H,54,63)(H,55,61)(H,56,62)(H,57,65)(H,58,68)(H,59,66)(H,60,67)(H,69,70)/t31-,34-,36-,37-,38-,39-,41-,42-/m0/s1. The lowest BCUT2D eigenvalue weighted by Crippen LogP contribution is -2.60. The number of hydrogen-bond donors (Lipinski definition) is 11. The quantitative estimate of drug-likeness (QED) is 0.0561. The second-order valence-electron chi connectivity index (χ2n) is 20.7. The van der Waals surface area contributed by atoms with Crippen LogP contribution < -0.4 is 48.3 Å². The molecule has 0 saturated carbocycles. The molecule has 0 unspecified atom stereocenters. The highest BCUT2D eigenvalue weighted by Gasteiger charge is 2.35. The number of hydrogen-bond acceptors (Lipinski definition) is 10. The van der Waals surface area contributed by atoms with Crippen LogP contribution in [-0.4, -0.2) is 118 Å². The molecule has 2 aromatic rings. The summed E-state index contributed by atoms with van der Waals surface area (Å²) in [6, 6.07) is -1.45. The number of fused-ring (bicyclic) bond motifs is 1. The van der Waals surface area contributed by atoms with Crippen LogP contribution in [-0.2, 0) is 49.6 Å². The maximum absolute atomic E-state index is 14.1. The van der Waals surface area contributed by atoms with Crippen LogP contribution in [0.15, 0.2) is 30.5 Å². The van der Waals surface area contributed by atoms with E-state index in [-0.39, 0.29) is 49.4 Å². The molecule has 1 aromatic heterocycles. The number of amides is 8. The fourth-order valence-corrected chi connectivity index (χ4v) is 7.76. The molecule has 8 amide bonds. The second kappa shape index (κ2) is 28.6. The average molecular weight is 983 g/mol. The Morgan fingerprint density at radius 2 is 0.971 bits per heavy atom. The van der Waals surface area contributed by atoms with Crippen LogP contribution in [0.3, 0.4) is 0 Å². The normalized spacial score (nSPS) is 15.1. The number of rotatable bonds is 29. The first-order chi connectivity index (χ1) is 32.6. The number of aromatic nitrogens is 1. The molecule has 0 fully saturated rings. The first-order valence-electron chi connectivity index (χ1n) is 24.5. The molecular weight excluding hydrogens is 901 g/mol. The van der Waals surface area contributed by atoms with Gasteiger partial charge in [0.2, 0.25) is 47.3 Å². The molecule has 20 nitrogen and oxygen atoms in total. The number of aromatic amines is 1. The van der Waals surface area contributed by atoms with Gasteiger partial charge in [0.15, 0.2) is 0 Å². The van der Waals surface area contributed by atoms with E-state index in [9.17, 15) is 48.3 Å². The van der Waals surface area contributed by atoms with Gasteiger partial charge in [-0.05, 0) is 79.7 Å². The molecule has 0 saturated heterocycles. The molecule has 1 aromatic carbocycles. The van der Waals surface area contributed by atoms with Crippen LogP contribution in [0, 0.1) is 35.5 Å². The Balaban J connectivity index is 2.24. The molecule has 0 aliphatic rings. The minimum absolute atomic E-state index is 0.000278. The molecule has 0 aliphatic heterocycles. The van der Waals surface area contributed by atoms with Gasteiger partial charge in [-0.2, -0.15) is 0 Å². The number of nitrogens with two attached hydrogens (primary N) is 1. The van der Waals surface area contributed by atoms with Crippen molar-refractivity contribution in [2.45, 2.75) is 170 Å². The second-order valence-corrected chi connectivity index (χ2v) is 20.7. The van der Waals surface area contributed by atoms with Crippen molar-refractivity contribution in [3.8, 4) is 0 Å². The number of carboxylic acid groups (broad SMARTS) is 1. The van der Waals surface area contributed by atoms with E-state index < -0.39 is 120 Å². The number of para-hydroxylation sites is 1. The number of nitrogens with one attached hydrogen (secondary N) is 9. The Morgan fingerprint density at radius 3 is 1.49 bits per heavy atom. The van der Waals surface area contributed by atoms with Crippen LogP contribution in [0.2, 0.25) is 0 Å². The van der Waals surface area contributed by atoms with E-state index in [1.54, 1.807) is 33.9 Å². The lowest BCUT2D eigenvalue weighted by molar-refractivity contribution is -0.143. The highest BCUT2D eigenvalue weighted by atomic mass is 16.4. The molecule has 12 N–H and O–H groups in total. The summed E-state index contributed by atoms with van der Waals surface area (Å²) < 4.78 is 0. The predicted molar refractivity (Wildman–Crippen MR) is 267 cm³/mol. The van der Waals surface area contributed by atoms with Gasteiger partial charge in [-0.25, -0.2) is 4.79 Å². The Kier molecular flexibility index (Phi) is 24.5. The summed E-state index contributed by atoms with van der Waals surface area (Å²) in [5.74, 6) is -7.58. The molecular formula is C50H82N10O10. The fraction of sp³-hybridized carbons (Fsp3) is 0.660. The summed E-state index contributed by atoms with van der Waals surface area (Å²) in [5, 5.41) is 31.9. The van der Waals surface area contributed by atoms with E-state index in [0.717, 1.165) is 10.9 Å². The first-order valence-corrected chi connectivity index (χ1v) is 24.5. The van der Waals surface area contributed by atoms with Crippen LogP contribution in [0.4, 0.5) is 0 Å². The number of carboxylic acids is 1. The van der Waals surface area contributed by atoms with Crippen molar-refractivity contribution >= 4 is 64.1 Å². The van der Waals surface area contributed by atoms with Crippen LogP contribution in [0.5, 0.6) is 0 Å². The lowest BCUT2D eigenvalue weighted by atomic mass is 9.97. The van der Waals surface area contributed by atoms with Gasteiger partial charge in [-0.1, -0.05) is 101 Å². The number of carbonyl (C=O) groups excluding carboxylic acids is 8. The van der Waals surface area contributed by atoms with E-state index in [2.05, 4.69) is 47.5 Å². The summed E-state index contributed by atoms with van der Waals surface area (Å²) in [6.45, 7) is 22.6. The SMILES string of the molecule is CC(C)C[C@H](NC(=O)[C@H](C)NC(=O)[C@@H](N)CC(C)C)C(=O)N[C@H](C(=O)N[C@@H](CC(C)C)C(=O)N[C@@H](CC(C)C)C(=O)NCC(=O)N[C@@H](Cc1c[nH]c2ccccc12)C(=O)N[C@H](C(=O)O)C(C)C)C(C)C. The first kappa shape index (κ1) is 60.1. The smallest absolute Gasteiger partial charge is 0.326 e. The molecule has 0 radical (unpaired) electrons. The Morgan fingerprint density at radius 1 is 0.514 bits per heavy atom. The molecule has 8 atom stereocenters. The molecule has 70 heavy (non-hydrogen) atoms. The summed E-state index contributed by atoms with van der Waals surface area (Å²) in [6.07, 6.45) is 2.64.